The Morgan fingerprint density at radius 3 is 2.60 bits per heavy atom. The molecule has 0 atom stereocenters. The van der Waals surface area contributed by atoms with Crippen molar-refractivity contribution in [2.24, 2.45) is 0 Å². The quantitative estimate of drug-likeness (QED) is 0.699. The summed E-state index contributed by atoms with van der Waals surface area (Å²) in [4.78, 5) is 20.9. The summed E-state index contributed by atoms with van der Waals surface area (Å²) in [5.74, 6) is -0.433. The Morgan fingerprint density at radius 1 is 1.12 bits per heavy atom. The van der Waals surface area contributed by atoms with Gasteiger partial charge in [0.1, 0.15) is 5.56 Å². The molecule has 0 aliphatic carbocycles. The van der Waals surface area contributed by atoms with Crippen LogP contribution in [0.5, 0.6) is 0 Å². The number of ether oxygens (including phenoxy) is 1. The lowest BCUT2D eigenvalue weighted by atomic mass is 10.1. The average Bonchev–Trinajstić information content (AvgIpc) is 2.57. The maximum Gasteiger partial charge on any atom is 0.341 e. The van der Waals surface area contributed by atoms with Gasteiger partial charge in [0.2, 0.25) is 0 Å². The largest absolute Gasteiger partial charge is 0.465 e. The fraction of sp³-hybridized carbons (Fsp3) is 0.211. The zero-order valence-electron chi connectivity index (χ0n) is 14.6. The van der Waals surface area contributed by atoms with E-state index in [4.69, 9.17) is 4.74 Å². The maximum absolute atomic E-state index is 12.2. The number of anilines is 2. The molecule has 5 nitrogen and oxygen atoms in total. The molecule has 1 N–H and O–H groups in total. The van der Waals surface area contributed by atoms with Crippen LogP contribution in [0.3, 0.4) is 0 Å². The Morgan fingerprint density at radius 2 is 1.88 bits per heavy atom. The van der Waals surface area contributed by atoms with E-state index in [1.54, 1.807) is 0 Å². The molecule has 0 spiro atoms. The third-order valence-electron chi connectivity index (χ3n) is 3.93. The number of methoxy groups -OCH3 is 1. The van der Waals surface area contributed by atoms with Crippen LogP contribution in [0.15, 0.2) is 36.5 Å². The highest BCUT2D eigenvalue weighted by Gasteiger charge is 2.17. The first-order chi connectivity index (χ1) is 11.5. The second kappa shape index (κ2) is 7.49. The first-order valence-electron chi connectivity index (χ1n) is 7.68. The number of esters is 1. The molecule has 1 aromatic carbocycles. The minimum absolute atomic E-state index is 0. The number of benzene rings is 1. The van der Waals surface area contributed by atoms with Crippen LogP contribution in [0, 0.1) is 20.8 Å². The minimum Gasteiger partial charge on any atom is -0.465 e. The Hall–Kier alpha value is -2.66. The normalized spacial score (nSPS) is 10.2. The highest BCUT2D eigenvalue weighted by molar-refractivity contribution is 6.05. The molecule has 25 heavy (non-hydrogen) atoms. The molecule has 0 radical (unpaired) electrons. The molecule has 0 aliphatic rings. The van der Waals surface area contributed by atoms with E-state index < -0.39 is 5.97 Å². The van der Waals surface area contributed by atoms with Crippen LogP contribution in [-0.4, -0.2) is 23.0 Å². The lowest BCUT2D eigenvalue weighted by molar-refractivity contribution is 0.0601. The van der Waals surface area contributed by atoms with E-state index in [2.05, 4.69) is 21.4 Å². The van der Waals surface area contributed by atoms with E-state index in [0.717, 1.165) is 27.9 Å². The summed E-state index contributed by atoms with van der Waals surface area (Å²) in [5.41, 5.74) is 5.67. The Balaban J connectivity index is 0.00000225. The molecule has 0 aliphatic heterocycles. The van der Waals surface area contributed by atoms with Gasteiger partial charge >= 0.3 is 5.97 Å². The van der Waals surface area contributed by atoms with Crippen molar-refractivity contribution >= 4 is 40.8 Å². The highest BCUT2D eigenvalue weighted by atomic mass is 35.5. The number of aromatic nitrogens is 2. The molecule has 130 valence electrons. The molecule has 0 amide bonds. The van der Waals surface area contributed by atoms with Gasteiger partial charge in [0.25, 0.3) is 0 Å². The van der Waals surface area contributed by atoms with Crippen molar-refractivity contribution in [1.82, 2.24) is 9.97 Å². The van der Waals surface area contributed by atoms with Gasteiger partial charge in [-0.25, -0.2) is 14.8 Å². The monoisotopic (exact) mass is 357 g/mol. The SMILES string of the molecule is COC(=O)c1cnc2nc(C)ccc2c1Nc1cc(C)ccc1C.Cl. The fourth-order valence-electron chi connectivity index (χ4n) is 2.58. The van der Waals surface area contributed by atoms with Gasteiger partial charge in [-0.05, 0) is 50.1 Å². The van der Waals surface area contributed by atoms with Crippen LogP contribution in [0.25, 0.3) is 11.0 Å². The molecule has 0 bridgehead atoms. The number of aryl methyl sites for hydroxylation is 3. The Bertz CT molecular complexity index is 941. The van der Waals surface area contributed by atoms with Crippen molar-refractivity contribution in [2.75, 3.05) is 12.4 Å². The first-order valence-corrected chi connectivity index (χ1v) is 7.68. The zero-order valence-corrected chi connectivity index (χ0v) is 15.4. The van der Waals surface area contributed by atoms with Gasteiger partial charge in [0.05, 0.1) is 12.8 Å². The third-order valence-corrected chi connectivity index (χ3v) is 3.93. The van der Waals surface area contributed by atoms with Crippen molar-refractivity contribution in [3.05, 3.63) is 58.9 Å². The molecule has 0 saturated heterocycles. The van der Waals surface area contributed by atoms with Gasteiger partial charge in [0.15, 0.2) is 5.65 Å². The predicted octanol–water partition coefficient (Wildman–Crippen LogP) is 4.51. The van der Waals surface area contributed by atoms with E-state index in [0.29, 0.717) is 16.9 Å². The number of hydrogen-bond donors (Lipinski definition) is 1. The Labute approximate surface area is 152 Å². The van der Waals surface area contributed by atoms with Crippen molar-refractivity contribution < 1.29 is 9.53 Å². The maximum atomic E-state index is 12.2. The van der Waals surface area contributed by atoms with Gasteiger partial charge in [-0.2, -0.15) is 0 Å². The number of pyridine rings is 2. The van der Waals surface area contributed by atoms with Crippen LogP contribution in [0.2, 0.25) is 0 Å². The van der Waals surface area contributed by atoms with E-state index in [1.165, 1.54) is 13.3 Å². The molecule has 6 heteroatoms. The lowest BCUT2D eigenvalue weighted by Gasteiger charge is -2.15. The van der Waals surface area contributed by atoms with E-state index in [1.807, 2.05) is 45.0 Å². The minimum atomic E-state index is -0.433. The summed E-state index contributed by atoms with van der Waals surface area (Å²) in [5, 5.41) is 4.16. The molecule has 2 aromatic heterocycles. The number of halogens is 1. The molecule has 3 rings (SSSR count). The van der Waals surface area contributed by atoms with Gasteiger partial charge in [-0.15, -0.1) is 12.4 Å². The predicted molar refractivity (Wildman–Crippen MR) is 102 cm³/mol. The first kappa shape index (κ1) is 18.7. The van der Waals surface area contributed by atoms with E-state index >= 15 is 0 Å². The molecule has 0 saturated carbocycles. The van der Waals surface area contributed by atoms with Crippen molar-refractivity contribution in [1.29, 1.82) is 0 Å². The molecule has 0 fully saturated rings. The van der Waals surface area contributed by atoms with Crippen molar-refractivity contribution in [3.8, 4) is 0 Å². The van der Waals surface area contributed by atoms with Crippen LogP contribution in [0.1, 0.15) is 27.2 Å². The van der Waals surface area contributed by atoms with Crippen LogP contribution in [0.4, 0.5) is 11.4 Å². The molecular weight excluding hydrogens is 338 g/mol. The molecule has 0 unspecified atom stereocenters. The summed E-state index contributed by atoms with van der Waals surface area (Å²) < 4.78 is 4.90. The summed E-state index contributed by atoms with van der Waals surface area (Å²) in [6.07, 6.45) is 1.51. The van der Waals surface area contributed by atoms with Crippen molar-refractivity contribution in [2.45, 2.75) is 20.8 Å². The van der Waals surface area contributed by atoms with Gasteiger partial charge in [-0.3, -0.25) is 0 Å². The van der Waals surface area contributed by atoms with Gasteiger partial charge in [-0.1, -0.05) is 12.1 Å². The summed E-state index contributed by atoms with van der Waals surface area (Å²) in [6.45, 7) is 5.96. The number of carbonyl (C=O) groups excluding carboxylic acids is 1. The number of fused-ring (bicyclic) bond motifs is 1. The summed E-state index contributed by atoms with van der Waals surface area (Å²) in [7, 11) is 1.36. The summed E-state index contributed by atoms with van der Waals surface area (Å²) in [6, 6.07) is 9.97. The van der Waals surface area contributed by atoms with E-state index in [-0.39, 0.29) is 12.4 Å². The molecule has 2 heterocycles. The van der Waals surface area contributed by atoms with Crippen LogP contribution in [-0.2, 0) is 4.74 Å². The second-order valence-electron chi connectivity index (χ2n) is 5.81. The van der Waals surface area contributed by atoms with Gasteiger partial charge < -0.3 is 10.1 Å². The smallest absolute Gasteiger partial charge is 0.341 e. The Kier molecular flexibility index (Phi) is 5.59. The second-order valence-corrected chi connectivity index (χ2v) is 5.81. The summed E-state index contributed by atoms with van der Waals surface area (Å²) >= 11 is 0. The fourth-order valence-corrected chi connectivity index (χ4v) is 2.58. The number of rotatable bonds is 3. The average molecular weight is 358 g/mol. The number of nitrogens with zero attached hydrogens (tertiary/aromatic N) is 2. The number of hydrogen-bond acceptors (Lipinski definition) is 5. The molecule has 3 aromatic rings. The number of carbonyl (C=O) groups is 1. The topological polar surface area (TPSA) is 64.1 Å². The number of nitrogens with one attached hydrogen (secondary N) is 1. The lowest BCUT2D eigenvalue weighted by Crippen LogP contribution is -2.08. The van der Waals surface area contributed by atoms with Crippen molar-refractivity contribution in [3.63, 3.8) is 0 Å². The zero-order chi connectivity index (χ0) is 17.3. The van der Waals surface area contributed by atoms with E-state index in [9.17, 15) is 4.79 Å². The highest BCUT2D eigenvalue weighted by Crippen LogP contribution is 2.30. The molecular formula is C19H20ClN3O2. The standard InChI is InChI=1S/C19H19N3O2.ClH/c1-11-5-6-12(2)16(9-11)22-17-14-8-7-13(3)21-18(14)20-10-15(17)19(23)24-4;/h5-10H,1-4H3,(H,20,21,22);1H. The third kappa shape index (κ3) is 3.72. The van der Waals surface area contributed by atoms with Crippen LogP contribution >= 0.6 is 12.4 Å². The van der Waals surface area contributed by atoms with Crippen LogP contribution < -0.4 is 5.32 Å². The van der Waals surface area contributed by atoms with Gasteiger partial charge in [0, 0.05) is 23.0 Å².